The maximum Gasteiger partial charge on any atom is 0.154 e. The van der Waals surface area contributed by atoms with Gasteiger partial charge in [-0.2, -0.15) is 0 Å². The van der Waals surface area contributed by atoms with Crippen LogP contribution in [0.4, 0.5) is 0 Å². The summed E-state index contributed by atoms with van der Waals surface area (Å²) in [5.74, 6) is 0. The molecule has 0 fully saturated rings. The summed E-state index contributed by atoms with van der Waals surface area (Å²) in [6.07, 6.45) is 3.09. The van der Waals surface area contributed by atoms with Gasteiger partial charge < -0.3 is 4.98 Å². The van der Waals surface area contributed by atoms with Gasteiger partial charge in [-0.3, -0.25) is 0 Å². The van der Waals surface area contributed by atoms with E-state index >= 15 is 0 Å². The highest BCUT2D eigenvalue weighted by Gasteiger charge is 2.19. The van der Waals surface area contributed by atoms with E-state index in [0.29, 0.717) is 0 Å². The molecule has 0 aliphatic carbocycles. The van der Waals surface area contributed by atoms with Crippen LogP contribution in [0.25, 0.3) is 10.9 Å². The van der Waals surface area contributed by atoms with Crippen LogP contribution in [0.1, 0.15) is 17.7 Å². The summed E-state index contributed by atoms with van der Waals surface area (Å²) < 4.78 is 23.0. The molecule has 1 atom stereocenters. The monoisotopic (exact) mass is 223 g/mol. The molecular formula is C11H13NO2S. The Hall–Kier alpha value is -1.29. The van der Waals surface area contributed by atoms with Gasteiger partial charge in [0.25, 0.3) is 0 Å². The average Bonchev–Trinajstić information content (AvgIpc) is 2.62. The number of fused-ring (bicyclic) bond motifs is 1. The Morgan fingerprint density at radius 2 is 2.00 bits per heavy atom. The van der Waals surface area contributed by atoms with Crippen molar-refractivity contribution in [3.63, 3.8) is 0 Å². The fourth-order valence-electron chi connectivity index (χ4n) is 1.68. The molecule has 1 heterocycles. The minimum absolute atomic E-state index is 0.472. The molecule has 0 spiro atoms. The SMILES string of the molecule is CC(c1cccc2cc[nH]c12)S(C)(=O)=O. The van der Waals surface area contributed by atoms with Crippen LogP contribution in [-0.2, 0) is 9.84 Å². The largest absolute Gasteiger partial charge is 0.361 e. The Kier molecular flexibility index (Phi) is 2.31. The van der Waals surface area contributed by atoms with Crippen molar-refractivity contribution in [2.24, 2.45) is 0 Å². The van der Waals surface area contributed by atoms with Crippen LogP contribution >= 0.6 is 0 Å². The summed E-state index contributed by atoms with van der Waals surface area (Å²) in [6, 6.07) is 7.63. The Morgan fingerprint density at radius 3 is 2.67 bits per heavy atom. The van der Waals surface area contributed by atoms with Gasteiger partial charge in [0.2, 0.25) is 0 Å². The molecule has 0 saturated carbocycles. The van der Waals surface area contributed by atoms with Crippen molar-refractivity contribution in [3.8, 4) is 0 Å². The number of hydrogen-bond acceptors (Lipinski definition) is 2. The molecule has 1 aromatic heterocycles. The predicted octanol–water partition coefficient (Wildman–Crippen LogP) is 2.27. The first-order chi connectivity index (χ1) is 7.00. The van der Waals surface area contributed by atoms with E-state index in [0.717, 1.165) is 16.5 Å². The maximum atomic E-state index is 11.5. The number of para-hydroxylation sites is 1. The highest BCUT2D eigenvalue weighted by atomic mass is 32.2. The first-order valence-electron chi connectivity index (χ1n) is 4.75. The van der Waals surface area contributed by atoms with E-state index in [1.165, 1.54) is 6.26 Å². The van der Waals surface area contributed by atoms with E-state index in [2.05, 4.69) is 4.98 Å². The third-order valence-corrected chi connectivity index (χ3v) is 4.24. The highest BCUT2D eigenvalue weighted by Crippen LogP contribution is 2.27. The van der Waals surface area contributed by atoms with E-state index in [4.69, 9.17) is 0 Å². The third kappa shape index (κ3) is 1.77. The fraction of sp³-hybridized carbons (Fsp3) is 0.273. The van der Waals surface area contributed by atoms with Gasteiger partial charge in [0, 0.05) is 18.0 Å². The number of rotatable bonds is 2. The standard InChI is InChI=1S/C11H13NO2S/c1-8(15(2,13)14)10-5-3-4-9-6-7-12-11(9)10/h3-8,12H,1-2H3. The first-order valence-corrected chi connectivity index (χ1v) is 6.70. The Balaban J connectivity index is 2.66. The fourth-order valence-corrected chi connectivity index (χ4v) is 2.34. The van der Waals surface area contributed by atoms with Crippen molar-refractivity contribution in [1.82, 2.24) is 4.98 Å². The molecule has 1 unspecified atom stereocenters. The van der Waals surface area contributed by atoms with E-state index in [-0.39, 0.29) is 0 Å². The number of aromatic amines is 1. The predicted molar refractivity (Wildman–Crippen MR) is 61.6 cm³/mol. The number of aromatic nitrogens is 1. The number of benzene rings is 1. The van der Waals surface area contributed by atoms with Crippen LogP contribution in [-0.4, -0.2) is 19.7 Å². The van der Waals surface area contributed by atoms with Crippen LogP contribution in [0.15, 0.2) is 30.5 Å². The van der Waals surface area contributed by atoms with E-state index in [1.807, 2.05) is 30.5 Å². The second-order valence-corrected chi connectivity index (χ2v) is 6.13. The van der Waals surface area contributed by atoms with Crippen LogP contribution in [0, 0.1) is 0 Å². The van der Waals surface area contributed by atoms with Gasteiger partial charge in [0.05, 0.1) is 5.25 Å². The quantitative estimate of drug-likeness (QED) is 0.849. The molecule has 3 nitrogen and oxygen atoms in total. The Labute approximate surface area is 89.0 Å². The maximum absolute atomic E-state index is 11.5. The minimum atomic E-state index is -3.05. The molecule has 15 heavy (non-hydrogen) atoms. The van der Waals surface area contributed by atoms with Crippen molar-refractivity contribution < 1.29 is 8.42 Å². The zero-order valence-electron chi connectivity index (χ0n) is 8.69. The second-order valence-electron chi connectivity index (χ2n) is 3.76. The van der Waals surface area contributed by atoms with Crippen LogP contribution in [0.2, 0.25) is 0 Å². The van der Waals surface area contributed by atoms with E-state index < -0.39 is 15.1 Å². The molecule has 1 aromatic carbocycles. The molecule has 80 valence electrons. The van der Waals surface area contributed by atoms with Crippen LogP contribution in [0.3, 0.4) is 0 Å². The van der Waals surface area contributed by atoms with Crippen molar-refractivity contribution in [3.05, 3.63) is 36.0 Å². The van der Waals surface area contributed by atoms with Crippen molar-refractivity contribution >= 4 is 20.7 Å². The highest BCUT2D eigenvalue weighted by molar-refractivity contribution is 7.90. The summed E-state index contributed by atoms with van der Waals surface area (Å²) in [5, 5.41) is 0.572. The molecule has 1 N–H and O–H groups in total. The number of hydrogen-bond donors (Lipinski definition) is 1. The zero-order chi connectivity index (χ0) is 11.1. The molecule has 4 heteroatoms. The summed E-state index contributed by atoms with van der Waals surface area (Å²) in [5.41, 5.74) is 1.75. The first kappa shape index (κ1) is 10.2. The third-order valence-electron chi connectivity index (χ3n) is 2.70. The van der Waals surface area contributed by atoms with Gasteiger partial charge in [-0.05, 0) is 23.9 Å². The van der Waals surface area contributed by atoms with Gasteiger partial charge >= 0.3 is 0 Å². The Bertz CT molecular complexity index is 583. The Morgan fingerprint density at radius 1 is 1.27 bits per heavy atom. The van der Waals surface area contributed by atoms with E-state index in [9.17, 15) is 8.42 Å². The second kappa shape index (κ2) is 3.38. The molecule has 0 bridgehead atoms. The van der Waals surface area contributed by atoms with Crippen LogP contribution < -0.4 is 0 Å². The number of nitrogens with one attached hydrogen (secondary N) is 1. The molecule has 0 amide bonds. The number of H-pyrrole nitrogens is 1. The summed E-state index contributed by atoms with van der Waals surface area (Å²) in [4.78, 5) is 3.08. The van der Waals surface area contributed by atoms with E-state index in [1.54, 1.807) is 6.92 Å². The zero-order valence-corrected chi connectivity index (χ0v) is 9.51. The minimum Gasteiger partial charge on any atom is -0.361 e. The lowest BCUT2D eigenvalue weighted by atomic mass is 10.1. The molecule has 0 radical (unpaired) electrons. The van der Waals surface area contributed by atoms with Gasteiger partial charge in [0.1, 0.15) is 0 Å². The molecular weight excluding hydrogens is 210 g/mol. The molecule has 2 aromatic rings. The molecule has 2 rings (SSSR count). The smallest absolute Gasteiger partial charge is 0.154 e. The summed E-state index contributed by atoms with van der Waals surface area (Å²) >= 11 is 0. The van der Waals surface area contributed by atoms with Gasteiger partial charge in [-0.25, -0.2) is 8.42 Å². The number of sulfone groups is 1. The van der Waals surface area contributed by atoms with Crippen molar-refractivity contribution in [2.75, 3.05) is 6.26 Å². The van der Waals surface area contributed by atoms with Crippen LogP contribution in [0.5, 0.6) is 0 Å². The van der Waals surface area contributed by atoms with Gasteiger partial charge in [-0.1, -0.05) is 18.2 Å². The van der Waals surface area contributed by atoms with Gasteiger partial charge in [-0.15, -0.1) is 0 Å². The lowest BCUT2D eigenvalue weighted by Crippen LogP contribution is -2.08. The molecule has 0 aliphatic rings. The molecule has 0 aliphatic heterocycles. The lowest BCUT2D eigenvalue weighted by Gasteiger charge is -2.10. The van der Waals surface area contributed by atoms with Crippen molar-refractivity contribution in [2.45, 2.75) is 12.2 Å². The average molecular weight is 223 g/mol. The molecule has 0 saturated heterocycles. The van der Waals surface area contributed by atoms with Gasteiger partial charge in [0.15, 0.2) is 9.84 Å². The van der Waals surface area contributed by atoms with Crippen molar-refractivity contribution in [1.29, 1.82) is 0 Å². The lowest BCUT2D eigenvalue weighted by molar-refractivity contribution is 0.592. The normalized spacial score (nSPS) is 14.3. The topological polar surface area (TPSA) is 49.9 Å². The summed E-state index contributed by atoms with van der Waals surface area (Å²) in [6.45, 7) is 1.71. The summed E-state index contributed by atoms with van der Waals surface area (Å²) in [7, 11) is -3.05.